The van der Waals surface area contributed by atoms with E-state index in [9.17, 15) is 4.79 Å². The van der Waals surface area contributed by atoms with Crippen molar-refractivity contribution in [2.45, 2.75) is 19.6 Å². The number of hydrogen-bond donors (Lipinski definition) is 1. The van der Waals surface area contributed by atoms with Gasteiger partial charge in [0.1, 0.15) is 5.75 Å². The van der Waals surface area contributed by atoms with Crippen molar-refractivity contribution in [3.05, 3.63) is 64.5 Å². The van der Waals surface area contributed by atoms with Crippen molar-refractivity contribution >= 4 is 29.1 Å². The molecule has 1 atom stereocenters. The zero-order valence-electron chi connectivity index (χ0n) is 13.8. The molecule has 0 radical (unpaired) electrons. The smallest absolute Gasteiger partial charge is 0.261 e. The lowest BCUT2D eigenvalue weighted by Gasteiger charge is -2.13. The van der Waals surface area contributed by atoms with Crippen molar-refractivity contribution in [2.24, 2.45) is 0 Å². The minimum Gasteiger partial charge on any atom is -0.481 e. The van der Waals surface area contributed by atoms with Gasteiger partial charge in [-0.2, -0.15) is 4.98 Å². The van der Waals surface area contributed by atoms with E-state index in [4.69, 9.17) is 32.5 Å². The van der Waals surface area contributed by atoms with Crippen LogP contribution in [0.25, 0.3) is 11.4 Å². The third kappa shape index (κ3) is 4.53. The van der Waals surface area contributed by atoms with Crippen molar-refractivity contribution < 1.29 is 14.1 Å². The molecule has 0 bridgehead atoms. The monoisotopic (exact) mass is 391 g/mol. The number of amides is 1. The van der Waals surface area contributed by atoms with Crippen LogP contribution in [0.2, 0.25) is 10.0 Å². The molecule has 6 nitrogen and oxygen atoms in total. The normalized spacial score (nSPS) is 11.8. The van der Waals surface area contributed by atoms with E-state index in [1.807, 2.05) is 12.1 Å². The fourth-order valence-electron chi connectivity index (χ4n) is 2.16. The van der Waals surface area contributed by atoms with Crippen LogP contribution >= 0.6 is 23.2 Å². The van der Waals surface area contributed by atoms with Gasteiger partial charge in [-0.3, -0.25) is 4.79 Å². The Kier molecular flexibility index (Phi) is 5.75. The maximum atomic E-state index is 12.1. The van der Waals surface area contributed by atoms with E-state index >= 15 is 0 Å². The van der Waals surface area contributed by atoms with Gasteiger partial charge in [-0.25, -0.2) is 0 Å². The maximum Gasteiger partial charge on any atom is 0.261 e. The summed E-state index contributed by atoms with van der Waals surface area (Å²) in [6.07, 6.45) is -0.692. The van der Waals surface area contributed by atoms with Crippen LogP contribution in [-0.2, 0) is 11.3 Å². The average molecular weight is 392 g/mol. The molecule has 0 aliphatic heterocycles. The highest BCUT2D eigenvalue weighted by Gasteiger charge is 2.17. The largest absolute Gasteiger partial charge is 0.481 e. The molecule has 3 rings (SSSR count). The van der Waals surface area contributed by atoms with Crippen LogP contribution in [0.1, 0.15) is 12.8 Å². The first-order valence-electron chi connectivity index (χ1n) is 7.80. The number of ether oxygens (including phenoxy) is 1. The Morgan fingerprint density at radius 1 is 1.19 bits per heavy atom. The highest BCUT2D eigenvalue weighted by atomic mass is 35.5. The Hall–Kier alpha value is -2.57. The van der Waals surface area contributed by atoms with Gasteiger partial charge >= 0.3 is 0 Å². The Balaban J connectivity index is 1.56. The molecule has 0 saturated carbocycles. The molecule has 0 aliphatic carbocycles. The van der Waals surface area contributed by atoms with E-state index in [0.717, 1.165) is 0 Å². The van der Waals surface area contributed by atoms with Gasteiger partial charge in [0, 0.05) is 10.6 Å². The van der Waals surface area contributed by atoms with Gasteiger partial charge in [0.05, 0.1) is 11.6 Å². The van der Waals surface area contributed by atoms with Gasteiger partial charge < -0.3 is 14.6 Å². The predicted octanol–water partition coefficient (Wildman–Crippen LogP) is 4.13. The van der Waals surface area contributed by atoms with Crippen LogP contribution in [-0.4, -0.2) is 22.2 Å². The minimum atomic E-state index is -0.692. The van der Waals surface area contributed by atoms with Gasteiger partial charge in [-0.05, 0) is 43.3 Å². The van der Waals surface area contributed by atoms with Crippen LogP contribution in [0.4, 0.5) is 0 Å². The van der Waals surface area contributed by atoms with Crippen LogP contribution in [0.15, 0.2) is 53.1 Å². The summed E-state index contributed by atoms with van der Waals surface area (Å²) < 4.78 is 10.7. The standard InChI is InChI=1S/C18H15Cl2N3O3/c1-11(25-13-8-6-12(19)7-9-13)18(24)21-10-16-22-17(23-26-16)14-4-2-3-5-15(14)20/h2-9,11H,10H2,1H3,(H,21,24)/t11-/m1/s1. The zero-order chi connectivity index (χ0) is 18.5. The lowest BCUT2D eigenvalue weighted by Crippen LogP contribution is -2.35. The number of carbonyl (C=O) groups is 1. The molecular formula is C18H15Cl2N3O3. The molecule has 8 heteroatoms. The Labute approximate surface area is 160 Å². The maximum absolute atomic E-state index is 12.1. The van der Waals surface area contributed by atoms with Crippen LogP contribution in [0.5, 0.6) is 5.75 Å². The molecule has 0 saturated heterocycles. The second-order valence-corrected chi connectivity index (χ2v) is 6.27. The van der Waals surface area contributed by atoms with E-state index in [-0.39, 0.29) is 18.3 Å². The fraction of sp³-hybridized carbons (Fsp3) is 0.167. The number of halogens is 2. The highest BCUT2D eigenvalue weighted by Crippen LogP contribution is 2.24. The van der Waals surface area contributed by atoms with Gasteiger partial charge in [0.15, 0.2) is 6.10 Å². The van der Waals surface area contributed by atoms with Gasteiger partial charge in [-0.15, -0.1) is 0 Å². The van der Waals surface area contributed by atoms with Crippen LogP contribution in [0, 0.1) is 0 Å². The van der Waals surface area contributed by atoms with Crippen molar-refractivity contribution in [2.75, 3.05) is 0 Å². The van der Waals surface area contributed by atoms with E-state index in [1.165, 1.54) is 0 Å². The summed E-state index contributed by atoms with van der Waals surface area (Å²) in [6, 6.07) is 13.9. The second kappa shape index (κ2) is 8.21. The molecule has 1 aromatic heterocycles. The van der Waals surface area contributed by atoms with Crippen molar-refractivity contribution in [3.63, 3.8) is 0 Å². The first-order valence-corrected chi connectivity index (χ1v) is 8.56. The molecule has 0 unspecified atom stereocenters. The number of nitrogens with one attached hydrogen (secondary N) is 1. The number of nitrogens with zero attached hydrogens (tertiary/aromatic N) is 2. The number of aromatic nitrogens is 2. The number of carbonyl (C=O) groups excluding carboxylic acids is 1. The number of rotatable bonds is 6. The summed E-state index contributed by atoms with van der Waals surface area (Å²) in [4.78, 5) is 16.4. The minimum absolute atomic E-state index is 0.0879. The summed E-state index contributed by atoms with van der Waals surface area (Å²) in [7, 11) is 0. The summed E-state index contributed by atoms with van der Waals surface area (Å²) in [5.74, 6) is 0.880. The molecule has 0 fully saturated rings. The molecule has 1 amide bonds. The van der Waals surface area contributed by atoms with E-state index in [0.29, 0.717) is 27.2 Å². The predicted molar refractivity (Wildman–Crippen MR) is 98.1 cm³/mol. The quantitative estimate of drug-likeness (QED) is 0.683. The summed E-state index contributed by atoms with van der Waals surface area (Å²) in [5, 5.41) is 7.69. The molecule has 0 aliphatic rings. The third-order valence-electron chi connectivity index (χ3n) is 3.49. The zero-order valence-corrected chi connectivity index (χ0v) is 15.3. The summed E-state index contributed by atoms with van der Waals surface area (Å²) >= 11 is 11.9. The Morgan fingerprint density at radius 2 is 1.92 bits per heavy atom. The third-order valence-corrected chi connectivity index (χ3v) is 4.07. The molecule has 0 spiro atoms. The fourth-order valence-corrected chi connectivity index (χ4v) is 2.50. The Bertz CT molecular complexity index is 897. The van der Waals surface area contributed by atoms with E-state index in [2.05, 4.69) is 15.5 Å². The lowest BCUT2D eigenvalue weighted by molar-refractivity contribution is -0.127. The molecule has 1 heterocycles. The van der Waals surface area contributed by atoms with Crippen LogP contribution < -0.4 is 10.1 Å². The molecule has 26 heavy (non-hydrogen) atoms. The molecule has 2 aromatic carbocycles. The molecular weight excluding hydrogens is 377 g/mol. The SMILES string of the molecule is C[C@@H](Oc1ccc(Cl)cc1)C(=O)NCc1nc(-c2ccccc2Cl)no1. The topological polar surface area (TPSA) is 77.2 Å². The van der Waals surface area contributed by atoms with Crippen LogP contribution in [0.3, 0.4) is 0 Å². The lowest BCUT2D eigenvalue weighted by atomic mass is 10.2. The first-order chi connectivity index (χ1) is 12.5. The van der Waals surface area contributed by atoms with Gasteiger partial charge in [0.25, 0.3) is 5.91 Å². The van der Waals surface area contributed by atoms with Gasteiger partial charge in [-0.1, -0.05) is 40.5 Å². The molecule has 1 N–H and O–H groups in total. The Morgan fingerprint density at radius 3 is 2.65 bits per heavy atom. The van der Waals surface area contributed by atoms with Crippen molar-refractivity contribution in [1.82, 2.24) is 15.5 Å². The van der Waals surface area contributed by atoms with E-state index < -0.39 is 6.10 Å². The number of hydrogen-bond acceptors (Lipinski definition) is 5. The highest BCUT2D eigenvalue weighted by molar-refractivity contribution is 6.33. The summed E-state index contributed by atoms with van der Waals surface area (Å²) in [5.41, 5.74) is 0.662. The van der Waals surface area contributed by atoms with Crippen molar-refractivity contribution in [3.8, 4) is 17.1 Å². The molecule has 3 aromatic rings. The number of benzene rings is 2. The van der Waals surface area contributed by atoms with Crippen molar-refractivity contribution in [1.29, 1.82) is 0 Å². The van der Waals surface area contributed by atoms with E-state index in [1.54, 1.807) is 43.3 Å². The molecule has 134 valence electrons. The first kappa shape index (κ1) is 18.2. The second-order valence-electron chi connectivity index (χ2n) is 5.42. The van der Waals surface area contributed by atoms with Gasteiger partial charge in [0.2, 0.25) is 11.7 Å². The summed E-state index contributed by atoms with van der Waals surface area (Å²) in [6.45, 7) is 1.73. The average Bonchev–Trinajstić information content (AvgIpc) is 3.10.